The fourth-order valence-electron chi connectivity index (χ4n) is 1.05. The van der Waals surface area contributed by atoms with E-state index in [1.807, 2.05) is 0 Å². The van der Waals surface area contributed by atoms with Crippen molar-refractivity contribution in [1.29, 1.82) is 0 Å². The van der Waals surface area contributed by atoms with Crippen LogP contribution in [-0.2, 0) is 0 Å². The molecule has 0 bridgehead atoms. The maximum atomic E-state index is 11.8. The fourth-order valence-corrected chi connectivity index (χ4v) is 2.03. The molecule has 1 aromatic heterocycles. The highest BCUT2D eigenvalue weighted by Gasteiger charge is 2.18. The van der Waals surface area contributed by atoms with Gasteiger partial charge in [0.1, 0.15) is 4.88 Å². The van der Waals surface area contributed by atoms with E-state index >= 15 is 0 Å². The van der Waals surface area contributed by atoms with Gasteiger partial charge in [-0.1, -0.05) is 11.3 Å². The highest BCUT2D eigenvalue weighted by Crippen LogP contribution is 2.23. The van der Waals surface area contributed by atoms with Crippen LogP contribution >= 0.6 is 11.3 Å². The zero-order valence-electron chi connectivity index (χ0n) is 10.6. The highest BCUT2D eigenvalue weighted by atomic mass is 32.1. The molecule has 0 aromatic carbocycles. The van der Waals surface area contributed by atoms with Crippen molar-refractivity contribution in [2.45, 2.75) is 6.92 Å². The Balaban J connectivity index is 2.89. The van der Waals surface area contributed by atoms with Gasteiger partial charge in [-0.15, -0.1) is 0 Å². The van der Waals surface area contributed by atoms with E-state index in [9.17, 15) is 9.59 Å². The Morgan fingerprint density at radius 1 is 1.18 bits per heavy atom. The Hall–Kier alpha value is -1.63. The van der Waals surface area contributed by atoms with Gasteiger partial charge in [-0.3, -0.25) is 10.1 Å². The molecule has 0 aliphatic carbocycles. The van der Waals surface area contributed by atoms with Crippen molar-refractivity contribution in [3.63, 3.8) is 0 Å². The van der Waals surface area contributed by atoms with Crippen molar-refractivity contribution in [3.05, 3.63) is 10.6 Å². The van der Waals surface area contributed by atoms with Gasteiger partial charge >= 0.3 is 6.03 Å². The van der Waals surface area contributed by atoms with Crippen LogP contribution in [0.2, 0.25) is 0 Å². The Labute approximate surface area is 104 Å². The number of nitrogens with zero attached hydrogens (tertiary/aromatic N) is 3. The van der Waals surface area contributed by atoms with Gasteiger partial charge in [-0.2, -0.15) is 0 Å². The van der Waals surface area contributed by atoms with E-state index < -0.39 is 0 Å². The molecule has 17 heavy (non-hydrogen) atoms. The smallest absolute Gasteiger partial charge is 0.323 e. The molecule has 0 fully saturated rings. The van der Waals surface area contributed by atoms with Crippen LogP contribution in [0.25, 0.3) is 0 Å². The molecule has 0 unspecified atom stereocenters. The number of aromatic nitrogens is 1. The van der Waals surface area contributed by atoms with Crippen molar-refractivity contribution in [2.75, 3.05) is 33.5 Å². The van der Waals surface area contributed by atoms with Crippen LogP contribution in [0.3, 0.4) is 0 Å². The van der Waals surface area contributed by atoms with E-state index in [0.29, 0.717) is 15.7 Å². The molecule has 0 spiro atoms. The van der Waals surface area contributed by atoms with Gasteiger partial charge in [-0.05, 0) is 6.92 Å². The number of hydrogen-bond donors (Lipinski definition) is 1. The predicted molar refractivity (Wildman–Crippen MR) is 67.6 cm³/mol. The third kappa shape index (κ3) is 3.16. The van der Waals surface area contributed by atoms with Crippen molar-refractivity contribution in [3.8, 4) is 0 Å². The van der Waals surface area contributed by atoms with Gasteiger partial charge in [0, 0.05) is 28.2 Å². The minimum Gasteiger partial charge on any atom is -0.344 e. The number of urea groups is 1. The molecule has 0 atom stereocenters. The molecule has 1 rings (SSSR count). The van der Waals surface area contributed by atoms with Crippen LogP contribution in [0.4, 0.5) is 9.93 Å². The van der Waals surface area contributed by atoms with E-state index in [0.717, 1.165) is 0 Å². The quantitative estimate of drug-likeness (QED) is 0.866. The summed E-state index contributed by atoms with van der Waals surface area (Å²) >= 11 is 1.18. The zero-order chi connectivity index (χ0) is 13.2. The average molecular weight is 256 g/mol. The monoisotopic (exact) mass is 256 g/mol. The van der Waals surface area contributed by atoms with Crippen LogP contribution < -0.4 is 5.32 Å². The lowest BCUT2D eigenvalue weighted by Gasteiger charge is -2.09. The summed E-state index contributed by atoms with van der Waals surface area (Å²) in [5.41, 5.74) is 0.628. The molecular formula is C10H16N4O2S. The SMILES string of the molecule is Cc1nc(NC(=O)N(C)C)sc1C(=O)N(C)C. The number of aryl methyl sites for hydroxylation is 1. The summed E-state index contributed by atoms with van der Waals surface area (Å²) in [6, 6.07) is -0.261. The summed E-state index contributed by atoms with van der Waals surface area (Å²) in [6.07, 6.45) is 0. The summed E-state index contributed by atoms with van der Waals surface area (Å²) in [6.45, 7) is 1.75. The summed E-state index contributed by atoms with van der Waals surface area (Å²) in [5, 5.41) is 3.06. The number of rotatable bonds is 2. The zero-order valence-corrected chi connectivity index (χ0v) is 11.4. The van der Waals surface area contributed by atoms with Crippen LogP contribution in [0, 0.1) is 6.92 Å². The number of anilines is 1. The molecule has 1 aromatic rings. The summed E-state index contributed by atoms with van der Waals surface area (Å²) in [5.74, 6) is -0.106. The minimum atomic E-state index is -0.261. The highest BCUT2D eigenvalue weighted by molar-refractivity contribution is 7.17. The van der Waals surface area contributed by atoms with E-state index in [2.05, 4.69) is 10.3 Å². The Morgan fingerprint density at radius 3 is 2.24 bits per heavy atom. The van der Waals surface area contributed by atoms with E-state index in [-0.39, 0.29) is 11.9 Å². The minimum absolute atomic E-state index is 0.106. The molecule has 0 saturated heterocycles. The van der Waals surface area contributed by atoms with Crippen molar-refractivity contribution in [2.24, 2.45) is 0 Å². The number of carbonyl (C=O) groups is 2. The first kappa shape index (κ1) is 13.4. The Morgan fingerprint density at radius 2 is 1.76 bits per heavy atom. The van der Waals surface area contributed by atoms with Gasteiger partial charge in [0.25, 0.3) is 5.91 Å². The molecule has 7 heteroatoms. The molecule has 0 radical (unpaired) electrons. The second-order valence-corrected chi connectivity index (χ2v) is 4.96. The first-order chi connectivity index (χ1) is 7.82. The van der Waals surface area contributed by atoms with Crippen LogP contribution in [0.5, 0.6) is 0 Å². The van der Waals surface area contributed by atoms with Crippen molar-refractivity contribution < 1.29 is 9.59 Å². The lowest BCUT2D eigenvalue weighted by atomic mass is 10.3. The second-order valence-electron chi connectivity index (χ2n) is 3.96. The molecule has 0 aliphatic rings. The van der Waals surface area contributed by atoms with Gasteiger partial charge in [0.15, 0.2) is 5.13 Å². The fraction of sp³-hybridized carbons (Fsp3) is 0.500. The number of hydrogen-bond acceptors (Lipinski definition) is 4. The van der Waals surface area contributed by atoms with Gasteiger partial charge in [-0.25, -0.2) is 9.78 Å². The molecule has 94 valence electrons. The predicted octanol–water partition coefficient (Wildman–Crippen LogP) is 1.25. The lowest BCUT2D eigenvalue weighted by Crippen LogP contribution is -2.27. The molecule has 1 N–H and O–H groups in total. The largest absolute Gasteiger partial charge is 0.344 e. The summed E-state index contributed by atoms with van der Waals surface area (Å²) in [7, 11) is 6.64. The molecule has 3 amide bonds. The molecule has 0 saturated carbocycles. The van der Waals surface area contributed by atoms with Crippen LogP contribution in [-0.4, -0.2) is 54.9 Å². The molecular weight excluding hydrogens is 240 g/mol. The first-order valence-electron chi connectivity index (χ1n) is 5.00. The first-order valence-corrected chi connectivity index (χ1v) is 5.82. The third-order valence-electron chi connectivity index (χ3n) is 2.02. The average Bonchev–Trinajstić information content (AvgIpc) is 2.57. The number of amides is 3. The van der Waals surface area contributed by atoms with Gasteiger partial charge in [0.05, 0.1) is 5.69 Å². The Bertz CT molecular complexity index is 440. The number of thiazole rings is 1. The van der Waals surface area contributed by atoms with E-state index in [4.69, 9.17) is 0 Å². The van der Waals surface area contributed by atoms with E-state index in [1.165, 1.54) is 21.1 Å². The lowest BCUT2D eigenvalue weighted by molar-refractivity contribution is 0.0831. The van der Waals surface area contributed by atoms with E-state index in [1.54, 1.807) is 35.1 Å². The number of carbonyl (C=O) groups excluding carboxylic acids is 2. The maximum absolute atomic E-state index is 11.8. The Kier molecular flexibility index (Phi) is 4.06. The van der Waals surface area contributed by atoms with Crippen molar-refractivity contribution >= 4 is 28.4 Å². The van der Waals surface area contributed by atoms with Crippen LogP contribution in [0.15, 0.2) is 0 Å². The van der Waals surface area contributed by atoms with Gasteiger partial charge in [0.2, 0.25) is 0 Å². The summed E-state index contributed by atoms with van der Waals surface area (Å²) in [4.78, 5) is 30.8. The topological polar surface area (TPSA) is 65.5 Å². The molecule has 1 heterocycles. The third-order valence-corrected chi connectivity index (χ3v) is 3.08. The van der Waals surface area contributed by atoms with Gasteiger partial charge < -0.3 is 9.80 Å². The maximum Gasteiger partial charge on any atom is 0.323 e. The summed E-state index contributed by atoms with van der Waals surface area (Å²) < 4.78 is 0. The standard InChI is InChI=1S/C10H16N4O2S/c1-6-7(8(15)13(2)3)17-9(11-6)12-10(16)14(4)5/h1-5H3,(H,11,12,16). The molecule has 0 aliphatic heterocycles. The van der Waals surface area contributed by atoms with Crippen molar-refractivity contribution in [1.82, 2.24) is 14.8 Å². The van der Waals surface area contributed by atoms with Crippen LogP contribution in [0.1, 0.15) is 15.4 Å². The number of nitrogens with one attached hydrogen (secondary N) is 1. The molecule has 6 nitrogen and oxygen atoms in total. The normalized spacial score (nSPS) is 9.94. The second kappa shape index (κ2) is 5.13.